The van der Waals surface area contributed by atoms with Gasteiger partial charge >= 0.3 is 5.97 Å². The van der Waals surface area contributed by atoms with Crippen LogP contribution in [0, 0.1) is 17.3 Å². The van der Waals surface area contributed by atoms with Crippen LogP contribution in [0.15, 0.2) is 12.7 Å². The van der Waals surface area contributed by atoms with Gasteiger partial charge in [-0.1, -0.05) is 40.2 Å². The lowest BCUT2D eigenvalue weighted by Gasteiger charge is -2.29. The highest BCUT2D eigenvalue weighted by Crippen LogP contribution is 2.33. The van der Waals surface area contributed by atoms with E-state index < -0.39 is 5.97 Å². The van der Waals surface area contributed by atoms with Gasteiger partial charge < -0.3 is 5.11 Å². The number of carboxylic acids is 1. The molecule has 0 saturated heterocycles. The van der Waals surface area contributed by atoms with E-state index in [-0.39, 0.29) is 11.3 Å². The summed E-state index contributed by atoms with van der Waals surface area (Å²) in [6.45, 7) is 11.7. The smallest absolute Gasteiger partial charge is 0.306 e. The van der Waals surface area contributed by atoms with E-state index in [1.807, 2.05) is 19.9 Å². The van der Waals surface area contributed by atoms with Gasteiger partial charge in [-0.15, -0.1) is 6.58 Å². The molecule has 0 spiro atoms. The molecule has 0 aromatic heterocycles. The molecule has 88 valence electrons. The van der Waals surface area contributed by atoms with Crippen molar-refractivity contribution in [3.8, 4) is 0 Å². The number of hydrogen-bond acceptors (Lipinski definition) is 1. The van der Waals surface area contributed by atoms with Crippen LogP contribution in [0.25, 0.3) is 0 Å². The summed E-state index contributed by atoms with van der Waals surface area (Å²) in [4.78, 5) is 10.9. The molecule has 0 bridgehead atoms. The van der Waals surface area contributed by atoms with E-state index in [0.29, 0.717) is 5.92 Å². The Balaban J connectivity index is 4.04. The highest BCUT2D eigenvalue weighted by molar-refractivity contribution is 5.70. The summed E-state index contributed by atoms with van der Waals surface area (Å²) in [6, 6.07) is 0. The van der Waals surface area contributed by atoms with Crippen LogP contribution in [0.3, 0.4) is 0 Å². The fourth-order valence-corrected chi connectivity index (χ4v) is 1.55. The monoisotopic (exact) mass is 212 g/mol. The summed E-state index contributed by atoms with van der Waals surface area (Å²) >= 11 is 0. The molecule has 0 fully saturated rings. The van der Waals surface area contributed by atoms with Gasteiger partial charge in [0, 0.05) is 0 Å². The van der Waals surface area contributed by atoms with E-state index in [4.69, 9.17) is 5.11 Å². The second-order valence-electron chi connectivity index (χ2n) is 5.15. The Bertz CT molecular complexity index is 219. The molecule has 2 atom stereocenters. The number of hydrogen-bond donors (Lipinski definition) is 1. The SMILES string of the molecule is C=CC(C)CCCC(C)(C)C(C)C(=O)O. The first kappa shape index (κ1) is 14.2. The lowest BCUT2D eigenvalue weighted by molar-refractivity contribution is -0.145. The second-order valence-corrected chi connectivity index (χ2v) is 5.15. The Morgan fingerprint density at radius 3 is 2.40 bits per heavy atom. The van der Waals surface area contributed by atoms with Crippen molar-refractivity contribution in [2.24, 2.45) is 17.3 Å². The molecule has 0 aliphatic heterocycles. The number of allylic oxidation sites excluding steroid dienone is 1. The van der Waals surface area contributed by atoms with E-state index in [2.05, 4.69) is 13.5 Å². The summed E-state index contributed by atoms with van der Waals surface area (Å²) in [7, 11) is 0. The lowest BCUT2D eigenvalue weighted by Crippen LogP contribution is -2.28. The van der Waals surface area contributed by atoms with E-state index in [9.17, 15) is 4.79 Å². The standard InChI is InChI=1S/C13H24O2/c1-6-10(2)8-7-9-13(4,5)11(3)12(14)15/h6,10-11H,1,7-9H2,2-5H3,(H,14,15). The molecular weight excluding hydrogens is 188 g/mol. The van der Waals surface area contributed by atoms with Crippen LogP contribution >= 0.6 is 0 Å². The molecule has 0 rings (SSSR count). The van der Waals surface area contributed by atoms with Gasteiger partial charge in [-0.2, -0.15) is 0 Å². The maximum absolute atomic E-state index is 10.9. The third-order valence-electron chi connectivity index (χ3n) is 3.43. The van der Waals surface area contributed by atoms with E-state index in [0.717, 1.165) is 19.3 Å². The van der Waals surface area contributed by atoms with Crippen molar-refractivity contribution >= 4 is 5.97 Å². The molecule has 2 heteroatoms. The number of carboxylic acid groups (broad SMARTS) is 1. The van der Waals surface area contributed by atoms with Crippen molar-refractivity contribution < 1.29 is 9.90 Å². The fraction of sp³-hybridized carbons (Fsp3) is 0.769. The first-order valence-electron chi connectivity index (χ1n) is 5.66. The molecule has 0 aliphatic rings. The maximum Gasteiger partial charge on any atom is 0.306 e. The summed E-state index contributed by atoms with van der Waals surface area (Å²) < 4.78 is 0. The van der Waals surface area contributed by atoms with Crippen molar-refractivity contribution in [3.05, 3.63) is 12.7 Å². The minimum atomic E-state index is -0.697. The number of carbonyl (C=O) groups is 1. The highest BCUT2D eigenvalue weighted by atomic mass is 16.4. The lowest BCUT2D eigenvalue weighted by atomic mass is 9.75. The van der Waals surface area contributed by atoms with Gasteiger partial charge in [-0.3, -0.25) is 4.79 Å². The van der Waals surface area contributed by atoms with Crippen LogP contribution in [0.5, 0.6) is 0 Å². The van der Waals surface area contributed by atoms with E-state index in [1.165, 1.54) is 0 Å². The Kier molecular flexibility index (Phi) is 5.63. The minimum absolute atomic E-state index is 0.118. The van der Waals surface area contributed by atoms with Crippen LogP contribution in [0.1, 0.15) is 47.0 Å². The van der Waals surface area contributed by atoms with Gasteiger partial charge in [0.25, 0.3) is 0 Å². The molecule has 0 amide bonds. The predicted octanol–water partition coefficient (Wildman–Crippen LogP) is 3.73. The number of aliphatic carboxylic acids is 1. The molecule has 0 aliphatic carbocycles. The first-order chi connectivity index (χ1) is 6.81. The van der Waals surface area contributed by atoms with Gasteiger partial charge in [-0.05, 0) is 24.2 Å². The minimum Gasteiger partial charge on any atom is -0.481 e. The van der Waals surface area contributed by atoms with E-state index >= 15 is 0 Å². The molecule has 0 aromatic carbocycles. The zero-order valence-electron chi connectivity index (χ0n) is 10.4. The average Bonchev–Trinajstić information content (AvgIpc) is 2.15. The van der Waals surface area contributed by atoms with Crippen molar-refractivity contribution in [2.45, 2.75) is 47.0 Å². The van der Waals surface area contributed by atoms with Gasteiger partial charge in [-0.25, -0.2) is 0 Å². The molecule has 2 unspecified atom stereocenters. The Morgan fingerprint density at radius 1 is 1.47 bits per heavy atom. The van der Waals surface area contributed by atoms with E-state index in [1.54, 1.807) is 6.92 Å². The molecule has 0 saturated carbocycles. The normalized spacial score (nSPS) is 15.7. The van der Waals surface area contributed by atoms with Crippen molar-refractivity contribution in [1.82, 2.24) is 0 Å². The molecule has 0 heterocycles. The van der Waals surface area contributed by atoms with Crippen LogP contribution < -0.4 is 0 Å². The molecular formula is C13H24O2. The van der Waals surface area contributed by atoms with Gasteiger partial charge in [0.05, 0.1) is 5.92 Å². The largest absolute Gasteiger partial charge is 0.481 e. The predicted molar refractivity (Wildman–Crippen MR) is 63.8 cm³/mol. The summed E-state index contributed by atoms with van der Waals surface area (Å²) in [5.41, 5.74) is -0.118. The zero-order valence-corrected chi connectivity index (χ0v) is 10.4. The molecule has 15 heavy (non-hydrogen) atoms. The Morgan fingerprint density at radius 2 is 2.00 bits per heavy atom. The molecule has 0 radical (unpaired) electrons. The number of rotatable bonds is 7. The molecule has 2 nitrogen and oxygen atoms in total. The Labute approximate surface area is 93.4 Å². The average molecular weight is 212 g/mol. The third kappa shape index (κ3) is 5.01. The van der Waals surface area contributed by atoms with Crippen molar-refractivity contribution in [1.29, 1.82) is 0 Å². The first-order valence-corrected chi connectivity index (χ1v) is 5.66. The van der Waals surface area contributed by atoms with Gasteiger partial charge in [0.15, 0.2) is 0 Å². The molecule has 0 aromatic rings. The molecule has 1 N–H and O–H groups in total. The summed E-state index contributed by atoms with van der Waals surface area (Å²) in [5, 5.41) is 8.96. The maximum atomic E-state index is 10.9. The quantitative estimate of drug-likeness (QED) is 0.653. The summed E-state index contributed by atoms with van der Waals surface area (Å²) in [6.07, 6.45) is 5.07. The topological polar surface area (TPSA) is 37.3 Å². The Hall–Kier alpha value is -0.790. The zero-order chi connectivity index (χ0) is 12.1. The van der Waals surface area contributed by atoms with Crippen molar-refractivity contribution in [2.75, 3.05) is 0 Å². The highest BCUT2D eigenvalue weighted by Gasteiger charge is 2.30. The second kappa shape index (κ2) is 5.94. The van der Waals surface area contributed by atoms with Gasteiger partial charge in [0.2, 0.25) is 0 Å². The third-order valence-corrected chi connectivity index (χ3v) is 3.43. The van der Waals surface area contributed by atoms with Crippen LogP contribution in [-0.2, 0) is 4.79 Å². The fourth-order valence-electron chi connectivity index (χ4n) is 1.55. The van der Waals surface area contributed by atoms with Gasteiger partial charge in [0.1, 0.15) is 0 Å². The van der Waals surface area contributed by atoms with Crippen molar-refractivity contribution in [3.63, 3.8) is 0 Å². The van der Waals surface area contributed by atoms with Crippen LogP contribution in [0.4, 0.5) is 0 Å². The summed E-state index contributed by atoms with van der Waals surface area (Å²) in [5.74, 6) is -0.450. The van der Waals surface area contributed by atoms with Crippen LogP contribution in [-0.4, -0.2) is 11.1 Å². The van der Waals surface area contributed by atoms with Crippen LogP contribution in [0.2, 0.25) is 0 Å².